The van der Waals surface area contributed by atoms with Gasteiger partial charge in [-0.3, -0.25) is 4.79 Å². The quantitative estimate of drug-likeness (QED) is 0.908. The number of carbonyl (C=O) groups excluding carboxylic acids is 1. The fourth-order valence-electron chi connectivity index (χ4n) is 3.30. The molecule has 136 valence electrons. The monoisotopic (exact) mass is 353 g/mol. The molecule has 2 aliphatic rings. The molecule has 1 amide bonds. The summed E-state index contributed by atoms with van der Waals surface area (Å²) in [6, 6.07) is 7.99. The van der Waals surface area contributed by atoms with Crippen molar-refractivity contribution in [3.05, 3.63) is 42.2 Å². The highest BCUT2D eigenvalue weighted by Gasteiger charge is 2.15. The zero-order valence-corrected chi connectivity index (χ0v) is 14.7. The molecule has 2 aliphatic heterocycles. The molecule has 0 saturated carbocycles. The first-order chi connectivity index (χ1) is 12.8. The van der Waals surface area contributed by atoms with E-state index in [1.54, 1.807) is 12.4 Å². The van der Waals surface area contributed by atoms with Crippen LogP contribution in [0.3, 0.4) is 0 Å². The van der Waals surface area contributed by atoms with Gasteiger partial charge in [-0.1, -0.05) is 0 Å². The van der Waals surface area contributed by atoms with Crippen LogP contribution in [0.5, 0.6) is 0 Å². The molecule has 0 spiro atoms. The second-order valence-electron chi connectivity index (χ2n) is 6.57. The first-order valence-electron chi connectivity index (χ1n) is 9.11. The minimum absolute atomic E-state index is 0.201. The van der Waals surface area contributed by atoms with E-state index in [2.05, 4.69) is 37.2 Å². The van der Waals surface area contributed by atoms with E-state index >= 15 is 0 Å². The zero-order valence-electron chi connectivity index (χ0n) is 14.7. The Morgan fingerprint density at radius 1 is 0.923 bits per heavy atom. The van der Waals surface area contributed by atoms with Gasteiger partial charge in [-0.25, -0.2) is 9.97 Å². The highest BCUT2D eigenvalue weighted by Crippen LogP contribution is 2.22. The molecule has 2 saturated heterocycles. The number of hydrogen-bond acceptors (Lipinski definition) is 6. The minimum Gasteiger partial charge on any atom is -0.378 e. The minimum atomic E-state index is -0.201. The van der Waals surface area contributed by atoms with Crippen LogP contribution in [0.25, 0.3) is 0 Å². The van der Waals surface area contributed by atoms with E-state index in [0.29, 0.717) is 24.7 Å². The largest absolute Gasteiger partial charge is 0.378 e. The van der Waals surface area contributed by atoms with Gasteiger partial charge in [-0.2, -0.15) is 0 Å². The van der Waals surface area contributed by atoms with Crippen molar-refractivity contribution in [3.8, 4) is 0 Å². The van der Waals surface area contributed by atoms with Crippen molar-refractivity contribution < 1.29 is 9.53 Å². The van der Waals surface area contributed by atoms with Gasteiger partial charge in [0.1, 0.15) is 0 Å². The molecule has 3 heterocycles. The van der Waals surface area contributed by atoms with Crippen LogP contribution in [-0.2, 0) is 4.74 Å². The van der Waals surface area contributed by atoms with Gasteiger partial charge >= 0.3 is 0 Å². The van der Waals surface area contributed by atoms with E-state index in [1.807, 2.05) is 12.1 Å². The van der Waals surface area contributed by atoms with Crippen LogP contribution in [-0.4, -0.2) is 55.3 Å². The van der Waals surface area contributed by atoms with Crippen molar-refractivity contribution in [1.29, 1.82) is 0 Å². The number of anilines is 3. The molecule has 0 aliphatic carbocycles. The summed E-state index contributed by atoms with van der Waals surface area (Å²) in [6.07, 6.45) is 5.65. The number of hydrogen-bond donors (Lipinski definition) is 1. The first kappa shape index (κ1) is 16.8. The topological polar surface area (TPSA) is 70.6 Å². The molecule has 0 unspecified atom stereocenters. The molecule has 26 heavy (non-hydrogen) atoms. The number of nitrogens with one attached hydrogen (secondary N) is 1. The molecule has 7 heteroatoms. The third kappa shape index (κ3) is 3.77. The lowest BCUT2D eigenvalue weighted by atomic mass is 10.2. The molecule has 1 N–H and O–H groups in total. The van der Waals surface area contributed by atoms with Gasteiger partial charge in [-0.05, 0) is 37.1 Å². The maximum Gasteiger partial charge on any atom is 0.258 e. The lowest BCUT2D eigenvalue weighted by molar-refractivity contribution is 0.102. The van der Waals surface area contributed by atoms with Gasteiger partial charge in [0.2, 0.25) is 5.95 Å². The molecular formula is C19H23N5O2. The maximum absolute atomic E-state index is 12.4. The number of benzene rings is 1. The number of amides is 1. The summed E-state index contributed by atoms with van der Waals surface area (Å²) in [6.45, 7) is 5.12. The van der Waals surface area contributed by atoms with Crippen LogP contribution in [0.2, 0.25) is 0 Å². The fraction of sp³-hybridized carbons (Fsp3) is 0.421. The summed E-state index contributed by atoms with van der Waals surface area (Å²) in [4.78, 5) is 25.5. The molecule has 7 nitrogen and oxygen atoms in total. The van der Waals surface area contributed by atoms with Gasteiger partial charge in [0.15, 0.2) is 0 Å². The average molecular weight is 353 g/mol. The average Bonchev–Trinajstić information content (AvgIpc) is 3.24. The van der Waals surface area contributed by atoms with Crippen LogP contribution in [0.1, 0.15) is 23.2 Å². The summed E-state index contributed by atoms with van der Waals surface area (Å²) >= 11 is 0. The summed E-state index contributed by atoms with van der Waals surface area (Å²) in [5.41, 5.74) is 2.43. The van der Waals surface area contributed by atoms with Crippen molar-refractivity contribution in [3.63, 3.8) is 0 Å². The molecule has 0 atom stereocenters. The van der Waals surface area contributed by atoms with Gasteiger partial charge in [0.05, 0.1) is 18.8 Å². The Morgan fingerprint density at radius 2 is 1.58 bits per heavy atom. The summed E-state index contributed by atoms with van der Waals surface area (Å²) in [5.74, 6) is 0.437. The molecule has 0 bridgehead atoms. The number of morpholine rings is 1. The summed E-state index contributed by atoms with van der Waals surface area (Å²) < 4.78 is 5.33. The smallest absolute Gasteiger partial charge is 0.258 e. The summed E-state index contributed by atoms with van der Waals surface area (Å²) in [5, 5.41) is 2.90. The van der Waals surface area contributed by atoms with Crippen LogP contribution >= 0.6 is 0 Å². The van der Waals surface area contributed by atoms with Crippen LogP contribution < -0.4 is 15.1 Å². The first-order valence-corrected chi connectivity index (χ1v) is 9.11. The van der Waals surface area contributed by atoms with Crippen molar-refractivity contribution >= 4 is 23.2 Å². The van der Waals surface area contributed by atoms with E-state index in [-0.39, 0.29) is 5.91 Å². The predicted octanol–water partition coefficient (Wildman–Crippen LogP) is 2.17. The van der Waals surface area contributed by atoms with E-state index in [1.165, 1.54) is 18.5 Å². The second kappa shape index (κ2) is 7.70. The molecular weight excluding hydrogens is 330 g/mol. The maximum atomic E-state index is 12.4. The normalized spacial score (nSPS) is 17.4. The summed E-state index contributed by atoms with van der Waals surface area (Å²) in [7, 11) is 0. The Kier molecular flexibility index (Phi) is 4.97. The van der Waals surface area contributed by atoms with Gasteiger partial charge in [-0.15, -0.1) is 0 Å². The Hall–Kier alpha value is -2.67. The van der Waals surface area contributed by atoms with E-state index < -0.39 is 0 Å². The number of rotatable bonds is 4. The van der Waals surface area contributed by atoms with E-state index in [9.17, 15) is 4.79 Å². The third-order valence-electron chi connectivity index (χ3n) is 4.79. The van der Waals surface area contributed by atoms with Gasteiger partial charge in [0, 0.05) is 49.9 Å². The number of ether oxygens (including phenoxy) is 1. The Bertz CT molecular complexity index is 736. The van der Waals surface area contributed by atoms with Crippen molar-refractivity contribution in [2.24, 2.45) is 0 Å². The highest BCUT2D eigenvalue weighted by atomic mass is 16.5. The highest BCUT2D eigenvalue weighted by molar-refractivity contribution is 6.03. The molecule has 1 aromatic heterocycles. The SMILES string of the molecule is O=C(Nc1ccc(N2CCCC2)cc1)c1cnc(N2CCOCC2)nc1. The molecule has 2 fully saturated rings. The number of carbonyl (C=O) groups is 1. The molecule has 4 rings (SSSR count). The Balaban J connectivity index is 1.38. The standard InChI is InChI=1S/C19H23N5O2/c25-18(15-13-20-19(21-14-15)24-9-11-26-12-10-24)22-16-3-5-17(6-4-16)23-7-1-2-8-23/h3-6,13-14H,1-2,7-12H2,(H,22,25). The van der Waals surface area contributed by atoms with E-state index in [4.69, 9.17) is 4.74 Å². The fourth-order valence-corrected chi connectivity index (χ4v) is 3.30. The van der Waals surface area contributed by atoms with Crippen LogP contribution in [0.4, 0.5) is 17.3 Å². The number of nitrogens with zero attached hydrogens (tertiary/aromatic N) is 4. The molecule has 0 radical (unpaired) electrons. The number of aromatic nitrogens is 2. The van der Waals surface area contributed by atoms with Crippen LogP contribution in [0.15, 0.2) is 36.7 Å². The van der Waals surface area contributed by atoms with E-state index in [0.717, 1.165) is 31.9 Å². The Morgan fingerprint density at radius 3 is 2.23 bits per heavy atom. The van der Waals surface area contributed by atoms with Gasteiger partial charge < -0.3 is 19.9 Å². The van der Waals surface area contributed by atoms with Gasteiger partial charge in [0.25, 0.3) is 5.91 Å². The lowest BCUT2D eigenvalue weighted by Crippen LogP contribution is -2.37. The van der Waals surface area contributed by atoms with Crippen molar-refractivity contribution in [1.82, 2.24) is 9.97 Å². The second-order valence-corrected chi connectivity index (χ2v) is 6.57. The van der Waals surface area contributed by atoms with Crippen molar-refractivity contribution in [2.75, 3.05) is 54.5 Å². The van der Waals surface area contributed by atoms with Crippen molar-refractivity contribution in [2.45, 2.75) is 12.8 Å². The zero-order chi connectivity index (χ0) is 17.8. The third-order valence-corrected chi connectivity index (χ3v) is 4.79. The van der Waals surface area contributed by atoms with Crippen LogP contribution in [0, 0.1) is 0 Å². The molecule has 1 aromatic carbocycles. The lowest BCUT2D eigenvalue weighted by Gasteiger charge is -2.26. The Labute approximate surface area is 153 Å². The molecule has 2 aromatic rings. The predicted molar refractivity (Wildman–Crippen MR) is 101 cm³/mol.